The lowest BCUT2D eigenvalue weighted by Crippen LogP contribution is -2.44. The third kappa shape index (κ3) is 3.46. The number of methoxy groups -OCH3 is 1. The van der Waals surface area contributed by atoms with Gasteiger partial charge in [-0.25, -0.2) is 18.4 Å². The molecule has 0 aliphatic carbocycles. The van der Waals surface area contributed by atoms with Gasteiger partial charge in [0, 0.05) is 18.7 Å². The maximum Gasteiger partial charge on any atom is 0.146 e. The zero-order valence-corrected chi connectivity index (χ0v) is 12.2. The van der Waals surface area contributed by atoms with Crippen molar-refractivity contribution in [3.63, 3.8) is 0 Å². The lowest BCUT2D eigenvalue weighted by Gasteiger charge is -2.34. The Labute approximate surface area is 126 Å². The zero-order valence-electron chi connectivity index (χ0n) is 12.2. The van der Waals surface area contributed by atoms with Crippen LogP contribution in [-0.4, -0.2) is 39.9 Å². The molecule has 0 bridgehead atoms. The van der Waals surface area contributed by atoms with Crippen molar-refractivity contribution in [1.82, 2.24) is 14.8 Å². The van der Waals surface area contributed by atoms with E-state index in [0.717, 1.165) is 6.07 Å². The number of benzene rings is 1. The molecule has 0 fully saturated rings. The van der Waals surface area contributed by atoms with Crippen LogP contribution in [0.1, 0.15) is 12.5 Å². The fourth-order valence-corrected chi connectivity index (χ4v) is 2.14. The molecule has 120 valence electrons. The molecule has 0 saturated heterocycles. The summed E-state index contributed by atoms with van der Waals surface area (Å²) in [6, 6.07) is 2.98. The van der Waals surface area contributed by atoms with Crippen LogP contribution in [0.15, 0.2) is 30.9 Å². The molecular formula is C14H17F2N3O3. The molecule has 1 N–H and O–H groups in total. The maximum atomic E-state index is 14.1. The Hall–Kier alpha value is -1.90. The van der Waals surface area contributed by atoms with E-state index in [9.17, 15) is 13.9 Å². The van der Waals surface area contributed by atoms with Gasteiger partial charge in [-0.2, -0.15) is 5.10 Å². The summed E-state index contributed by atoms with van der Waals surface area (Å²) in [7, 11) is 1.43. The van der Waals surface area contributed by atoms with Gasteiger partial charge in [0.1, 0.15) is 36.7 Å². The van der Waals surface area contributed by atoms with Crippen LogP contribution in [0.4, 0.5) is 8.78 Å². The highest BCUT2D eigenvalue weighted by atomic mass is 19.1. The van der Waals surface area contributed by atoms with E-state index < -0.39 is 23.3 Å². The minimum absolute atomic E-state index is 0.0797. The summed E-state index contributed by atoms with van der Waals surface area (Å²) in [5.41, 5.74) is -1.86. The standard InChI is InChI=1S/C14H17F2N3O3/c1-10(22-9-21-2)14(20,6-19-8-17-7-18-19)12-4-3-11(15)5-13(12)16/h3-5,7-8,10,20H,6,9H2,1-2H3/t10-,14+/m0/s1. The quantitative estimate of drug-likeness (QED) is 0.784. The molecule has 0 unspecified atom stereocenters. The average Bonchev–Trinajstić information content (AvgIpc) is 2.97. The molecule has 8 heteroatoms. The van der Waals surface area contributed by atoms with Gasteiger partial charge in [0.15, 0.2) is 0 Å². The Bertz CT molecular complexity index is 609. The Balaban J connectivity index is 2.39. The van der Waals surface area contributed by atoms with Gasteiger partial charge in [-0.15, -0.1) is 0 Å². The Morgan fingerprint density at radius 1 is 1.41 bits per heavy atom. The van der Waals surface area contributed by atoms with Gasteiger partial charge in [0.25, 0.3) is 0 Å². The van der Waals surface area contributed by atoms with Crippen molar-refractivity contribution in [1.29, 1.82) is 0 Å². The number of aromatic nitrogens is 3. The van der Waals surface area contributed by atoms with Crippen LogP contribution in [0.3, 0.4) is 0 Å². The van der Waals surface area contributed by atoms with E-state index in [0.29, 0.717) is 6.07 Å². The number of halogens is 2. The summed E-state index contributed by atoms with van der Waals surface area (Å²) < 4.78 is 38.7. The van der Waals surface area contributed by atoms with Crippen molar-refractivity contribution < 1.29 is 23.4 Å². The molecule has 2 rings (SSSR count). The van der Waals surface area contributed by atoms with Crippen molar-refractivity contribution in [2.45, 2.75) is 25.2 Å². The monoisotopic (exact) mass is 313 g/mol. The molecule has 0 saturated carbocycles. The van der Waals surface area contributed by atoms with Crippen LogP contribution in [0.5, 0.6) is 0 Å². The lowest BCUT2D eigenvalue weighted by molar-refractivity contribution is -0.160. The number of hydrogen-bond donors (Lipinski definition) is 1. The van der Waals surface area contributed by atoms with E-state index in [2.05, 4.69) is 10.1 Å². The highest BCUT2D eigenvalue weighted by Gasteiger charge is 2.40. The number of ether oxygens (including phenoxy) is 2. The van der Waals surface area contributed by atoms with Crippen LogP contribution >= 0.6 is 0 Å². The van der Waals surface area contributed by atoms with Gasteiger partial charge < -0.3 is 14.6 Å². The molecule has 0 spiro atoms. The van der Waals surface area contributed by atoms with Crippen LogP contribution in [0, 0.1) is 11.6 Å². The van der Waals surface area contributed by atoms with E-state index in [1.165, 1.54) is 30.5 Å². The molecule has 1 aromatic heterocycles. The number of rotatable bonds is 7. The van der Waals surface area contributed by atoms with Crippen LogP contribution in [0.2, 0.25) is 0 Å². The van der Waals surface area contributed by atoms with Crippen molar-refractivity contribution >= 4 is 0 Å². The Morgan fingerprint density at radius 2 is 2.18 bits per heavy atom. The van der Waals surface area contributed by atoms with Crippen LogP contribution in [0.25, 0.3) is 0 Å². The molecule has 0 aliphatic rings. The fraction of sp³-hybridized carbons (Fsp3) is 0.429. The summed E-state index contributed by atoms with van der Waals surface area (Å²) in [5, 5.41) is 14.9. The topological polar surface area (TPSA) is 69.4 Å². The van der Waals surface area contributed by atoms with Crippen LogP contribution in [-0.2, 0) is 21.6 Å². The second-order valence-corrected chi connectivity index (χ2v) is 4.86. The highest BCUT2D eigenvalue weighted by Crippen LogP contribution is 2.31. The molecule has 22 heavy (non-hydrogen) atoms. The first-order valence-electron chi connectivity index (χ1n) is 6.58. The summed E-state index contributed by atoms with van der Waals surface area (Å²) >= 11 is 0. The molecule has 1 aromatic carbocycles. The van der Waals surface area contributed by atoms with Gasteiger partial charge >= 0.3 is 0 Å². The smallest absolute Gasteiger partial charge is 0.146 e. The molecule has 0 radical (unpaired) electrons. The van der Waals surface area contributed by atoms with Crippen molar-refractivity contribution in [3.8, 4) is 0 Å². The lowest BCUT2D eigenvalue weighted by atomic mass is 9.88. The third-order valence-electron chi connectivity index (χ3n) is 3.38. The fourth-order valence-electron chi connectivity index (χ4n) is 2.14. The van der Waals surface area contributed by atoms with E-state index in [4.69, 9.17) is 9.47 Å². The van der Waals surface area contributed by atoms with Gasteiger partial charge in [-0.3, -0.25) is 0 Å². The summed E-state index contributed by atoms with van der Waals surface area (Å²) in [4.78, 5) is 3.78. The second kappa shape index (κ2) is 6.91. The molecule has 0 amide bonds. The first-order chi connectivity index (χ1) is 10.5. The molecule has 1 heterocycles. The number of hydrogen-bond acceptors (Lipinski definition) is 5. The third-order valence-corrected chi connectivity index (χ3v) is 3.38. The Kier molecular flexibility index (Phi) is 5.17. The summed E-state index contributed by atoms with van der Waals surface area (Å²) in [5.74, 6) is -1.59. The Morgan fingerprint density at radius 3 is 2.77 bits per heavy atom. The molecular weight excluding hydrogens is 296 g/mol. The molecule has 0 aliphatic heterocycles. The largest absolute Gasteiger partial charge is 0.380 e. The summed E-state index contributed by atoms with van der Waals surface area (Å²) in [6.45, 7) is 1.38. The maximum absolute atomic E-state index is 14.1. The van der Waals surface area contributed by atoms with Gasteiger partial charge in [0.2, 0.25) is 0 Å². The zero-order chi connectivity index (χ0) is 16.2. The predicted octanol–water partition coefficient (Wildman–Crippen LogP) is 1.45. The highest BCUT2D eigenvalue weighted by molar-refractivity contribution is 5.26. The number of aliphatic hydroxyl groups is 1. The van der Waals surface area contributed by atoms with E-state index >= 15 is 0 Å². The van der Waals surface area contributed by atoms with Crippen molar-refractivity contribution in [2.75, 3.05) is 13.9 Å². The second-order valence-electron chi connectivity index (χ2n) is 4.86. The predicted molar refractivity (Wildman–Crippen MR) is 72.7 cm³/mol. The summed E-state index contributed by atoms with van der Waals surface area (Å²) in [6.07, 6.45) is 1.84. The normalized spacial score (nSPS) is 15.5. The SMILES string of the molecule is COCO[C@@H](C)[C@](O)(Cn1cncn1)c1ccc(F)cc1F. The van der Waals surface area contributed by atoms with Gasteiger partial charge in [-0.1, -0.05) is 6.07 Å². The van der Waals surface area contributed by atoms with E-state index in [-0.39, 0.29) is 18.9 Å². The van der Waals surface area contributed by atoms with E-state index in [1.54, 1.807) is 6.92 Å². The minimum Gasteiger partial charge on any atom is -0.380 e. The molecule has 2 aromatic rings. The molecule has 6 nitrogen and oxygen atoms in total. The van der Waals surface area contributed by atoms with Gasteiger partial charge in [0.05, 0.1) is 12.6 Å². The minimum atomic E-state index is -1.77. The first kappa shape index (κ1) is 16.5. The van der Waals surface area contributed by atoms with Crippen molar-refractivity contribution in [3.05, 3.63) is 48.1 Å². The average molecular weight is 313 g/mol. The number of nitrogens with zero attached hydrogens (tertiary/aromatic N) is 3. The first-order valence-corrected chi connectivity index (χ1v) is 6.58. The van der Waals surface area contributed by atoms with Gasteiger partial charge in [-0.05, 0) is 13.0 Å². The van der Waals surface area contributed by atoms with E-state index in [1.807, 2.05) is 0 Å². The van der Waals surface area contributed by atoms with Crippen molar-refractivity contribution in [2.24, 2.45) is 0 Å². The van der Waals surface area contributed by atoms with Crippen LogP contribution < -0.4 is 0 Å². The molecule has 2 atom stereocenters.